The van der Waals surface area contributed by atoms with E-state index in [1.54, 1.807) is 0 Å². The Hall–Kier alpha value is -0.890. The average molecular weight is 418 g/mol. The number of ether oxygens (including phenoxy) is 1. The molecule has 0 atom stereocenters. The van der Waals surface area contributed by atoms with Crippen LogP contribution in [0.5, 0.6) is 11.5 Å². The van der Waals surface area contributed by atoms with Crippen LogP contribution in [0, 0.1) is 11.6 Å². The fourth-order valence-corrected chi connectivity index (χ4v) is 2.91. The predicted molar refractivity (Wildman–Crippen MR) is 78.6 cm³/mol. The Morgan fingerprint density at radius 2 is 1.76 bits per heavy atom. The third-order valence-electron chi connectivity index (χ3n) is 2.36. The molecule has 0 aliphatic rings. The molecule has 2 aromatic rings. The third-order valence-corrected chi connectivity index (χ3v) is 4.47. The van der Waals surface area contributed by atoms with Gasteiger partial charge >= 0.3 is 0 Å². The van der Waals surface area contributed by atoms with Gasteiger partial charge in [0, 0.05) is 15.2 Å². The Bertz CT molecular complexity index is 812. The molecule has 9 heteroatoms. The second-order valence-corrected chi connectivity index (χ2v) is 7.72. The highest BCUT2D eigenvalue weighted by molar-refractivity contribution is 9.10. The van der Waals surface area contributed by atoms with Crippen molar-refractivity contribution >= 4 is 47.3 Å². The zero-order valence-electron chi connectivity index (χ0n) is 9.91. The lowest BCUT2D eigenvalue weighted by Gasteiger charge is -2.10. The molecule has 21 heavy (non-hydrogen) atoms. The number of halogens is 5. The highest BCUT2D eigenvalue weighted by Crippen LogP contribution is 2.35. The summed E-state index contributed by atoms with van der Waals surface area (Å²) < 4.78 is 54.6. The normalized spacial score (nSPS) is 11.5. The standard InChI is InChI=1S/C12H5BrCl2F2O3S/c13-6-3-9(16)12(17)11(4-6)20-10-2-1-7(5-8(10)14)21(15,18)19/h1-5H. The molecule has 0 bridgehead atoms. The van der Waals surface area contributed by atoms with Crippen LogP contribution in [0.15, 0.2) is 39.7 Å². The average Bonchev–Trinajstić information content (AvgIpc) is 2.36. The van der Waals surface area contributed by atoms with Crippen molar-refractivity contribution in [1.82, 2.24) is 0 Å². The van der Waals surface area contributed by atoms with Gasteiger partial charge in [0.05, 0.1) is 9.92 Å². The van der Waals surface area contributed by atoms with E-state index in [2.05, 4.69) is 15.9 Å². The zero-order chi connectivity index (χ0) is 15.8. The van der Waals surface area contributed by atoms with E-state index in [4.69, 9.17) is 27.0 Å². The first-order chi connectivity index (χ1) is 9.68. The van der Waals surface area contributed by atoms with Crippen molar-refractivity contribution in [2.75, 3.05) is 0 Å². The molecule has 0 fully saturated rings. The van der Waals surface area contributed by atoms with Gasteiger partial charge in [-0.3, -0.25) is 0 Å². The molecule has 0 radical (unpaired) electrons. The van der Waals surface area contributed by atoms with Crippen LogP contribution in [0.4, 0.5) is 8.78 Å². The SMILES string of the molecule is O=S(=O)(Cl)c1ccc(Oc2cc(Br)cc(F)c2F)c(Cl)c1. The van der Waals surface area contributed by atoms with Crippen molar-refractivity contribution in [1.29, 1.82) is 0 Å². The molecule has 0 heterocycles. The van der Waals surface area contributed by atoms with Crippen LogP contribution in [0.1, 0.15) is 0 Å². The summed E-state index contributed by atoms with van der Waals surface area (Å²) in [6, 6.07) is 5.52. The van der Waals surface area contributed by atoms with E-state index in [0.717, 1.165) is 18.2 Å². The van der Waals surface area contributed by atoms with E-state index < -0.39 is 26.4 Å². The highest BCUT2D eigenvalue weighted by atomic mass is 79.9. The first kappa shape index (κ1) is 16.5. The van der Waals surface area contributed by atoms with E-state index in [-0.39, 0.29) is 20.1 Å². The maximum Gasteiger partial charge on any atom is 0.261 e. The lowest BCUT2D eigenvalue weighted by Crippen LogP contribution is -1.95. The van der Waals surface area contributed by atoms with Crippen molar-refractivity contribution in [2.45, 2.75) is 4.90 Å². The Morgan fingerprint density at radius 3 is 2.33 bits per heavy atom. The van der Waals surface area contributed by atoms with Gasteiger partial charge in [-0.15, -0.1) is 0 Å². The van der Waals surface area contributed by atoms with Gasteiger partial charge in [0.2, 0.25) is 5.82 Å². The molecule has 0 aliphatic heterocycles. The Balaban J connectivity index is 2.42. The van der Waals surface area contributed by atoms with E-state index in [1.165, 1.54) is 12.1 Å². The number of hydrogen-bond donors (Lipinski definition) is 0. The number of hydrogen-bond acceptors (Lipinski definition) is 3. The lowest BCUT2D eigenvalue weighted by atomic mass is 10.3. The van der Waals surface area contributed by atoms with Gasteiger partial charge in [-0.25, -0.2) is 12.8 Å². The minimum Gasteiger partial charge on any atom is -0.453 e. The largest absolute Gasteiger partial charge is 0.453 e. The topological polar surface area (TPSA) is 43.4 Å². The van der Waals surface area contributed by atoms with E-state index in [9.17, 15) is 17.2 Å². The molecular formula is C12H5BrCl2F2O3S. The second-order valence-electron chi connectivity index (χ2n) is 3.83. The van der Waals surface area contributed by atoms with Crippen LogP contribution >= 0.6 is 38.2 Å². The second kappa shape index (κ2) is 6.08. The Labute approximate surface area is 137 Å². The fraction of sp³-hybridized carbons (Fsp3) is 0. The summed E-state index contributed by atoms with van der Waals surface area (Å²) >= 11 is 8.84. The summed E-state index contributed by atoms with van der Waals surface area (Å²) in [6.45, 7) is 0. The van der Waals surface area contributed by atoms with Gasteiger partial charge < -0.3 is 4.74 Å². The lowest BCUT2D eigenvalue weighted by molar-refractivity contribution is 0.415. The predicted octanol–water partition coefficient (Wildman–Crippen LogP) is 5.10. The molecule has 0 spiro atoms. The molecular weight excluding hydrogens is 413 g/mol. The molecule has 0 amide bonds. The van der Waals surface area contributed by atoms with Gasteiger partial charge in [0.1, 0.15) is 5.75 Å². The smallest absolute Gasteiger partial charge is 0.261 e. The molecule has 0 unspecified atom stereocenters. The van der Waals surface area contributed by atoms with Crippen LogP contribution in [0.3, 0.4) is 0 Å². The van der Waals surface area contributed by atoms with Crippen molar-refractivity contribution in [3.05, 3.63) is 51.5 Å². The minimum atomic E-state index is -3.95. The van der Waals surface area contributed by atoms with E-state index in [0.29, 0.717) is 0 Å². The van der Waals surface area contributed by atoms with Gasteiger partial charge in [-0.2, -0.15) is 4.39 Å². The van der Waals surface area contributed by atoms with Crippen LogP contribution in [-0.4, -0.2) is 8.42 Å². The summed E-state index contributed by atoms with van der Waals surface area (Å²) in [7, 11) is 1.22. The molecule has 0 saturated carbocycles. The minimum absolute atomic E-state index is 0.0443. The number of rotatable bonds is 3. The van der Waals surface area contributed by atoms with Gasteiger partial charge in [0.25, 0.3) is 9.05 Å². The summed E-state index contributed by atoms with van der Waals surface area (Å²) in [6.07, 6.45) is 0. The molecule has 0 saturated heterocycles. The fourth-order valence-electron chi connectivity index (χ4n) is 1.44. The Morgan fingerprint density at radius 1 is 1.10 bits per heavy atom. The van der Waals surface area contributed by atoms with Crippen molar-refractivity contribution in [2.24, 2.45) is 0 Å². The van der Waals surface area contributed by atoms with Crippen LogP contribution < -0.4 is 4.74 Å². The summed E-state index contributed by atoms with van der Waals surface area (Å²) in [5, 5.41) is -0.114. The first-order valence-corrected chi connectivity index (χ1v) is 8.73. The number of benzene rings is 2. The molecule has 0 N–H and O–H groups in total. The Kier molecular flexibility index (Phi) is 4.77. The van der Waals surface area contributed by atoms with Crippen molar-refractivity contribution in [3.8, 4) is 11.5 Å². The summed E-state index contributed by atoms with van der Waals surface area (Å²) in [5.74, 6) is -2.74. The van der Waals surface area contributed by atoms with Crippen LogP contribution in [-0.2, 0) is 9.05 Å². The third kappa shape index (κ3) is 3.85. The first-order valence-electron chi connectivity index (χ1n) is 5.25. The monoisotopic (exact) mass is 416 g/mol. The molecule has 2 rings (SSSR count). The highest BCUT2D eigenvalue weighted by Gasteiger charge is 2.16. The molecule has 2 aromatic carbocycles. The van der Waals surface area contributed by atoms with Gasteiger partial charge in [0.15, 0.2) is 11.6 Å². The summed E-state index contributed by atoms with van der Waals surface area (Å²) in [4.78, 5) is -0.234. The van der Waals surface area contributed by atoms with Crippen LogP contribution in [0.25, 0.3) is 0 Å². The molecule has 112 valence electrons. The van der Waals surface area contributed by atoms with Crippen molar-refractivity contribution < 1.29 is 21.9 Å². The zero-order valence-corrected chi connectivity index (χ0v) is 13.8. The quantitative estimate of drug-likeness (QED) is 0.515. The summed E-state index contributed by atoms with van der Waals surface area (Å²) in [5.41, 5.74) is 0. The maximum atomic E-state index is 13.6. The molecule has 3 nitrogen and oxygen atoms in total. The van der Waals surface area contributed by atoms with Crippen LogP contribution in [0.2, 0.25) is 5.02 Å². The van der Waals surface area contributed by atoms with Crippen molar-refractivity contribution in [3.63, 3.8) is 0 Å². The van der Waals surface area contributed by atoms with Gasteiger partial charge in [-0.05, 0) is 30.3 Å². The van der Waals surface area contributed by atoms with Gasteiger partial charge in [-0.1, -0.05) is 27.5 Å². The van der Waals surface area contributed by atoms with E-state index >= 15 is 0 Å². The van der Waals surface area contributed by atoms with E-state index in [1.807, 2.05) is 0 Å². The molecule has 0 aliphatic carbocycles. The maximum absolute atomic E-state index is 13.6. The molecule has 0 aromatic heterocycles.